The topological polar surface area (TPSA) is 15.3 Å². The van der Waals surface area contributed by atoms with Gasteiger partial charge in [-0.25, -0.2) is 0 Å². The van der Waals surface area contributed by atoms with Crippen molar-refractivity contribution < 1.29 is 0 Å². The predicted molar refractivity (Wildman–Crippen MR) is 72.1 cm³/mol. The number of hydrogen-bond acceptors (Lipinski definition) is 2. The fourth-order valence-electron chi connectivity index (χ4n) is 4.52. The van der Waals surface area contributed by atoms with E-state index in [0.717, 1.165) is 23.9 Å². The number of nitrogens with one attached hydrogen (secondary N) is 1. The Hall–Kier alpha value is -0.0800. The molecule has 1 N–H and O–H groups in total. The Bertz CT molecular complexity index is 247. The number of likely N-dealkylation sites (N-methyl/N-ethyl adjacent to an activating group) is 1. The molecule has 3 unspecified atom stereocenters. The summed E-state index contributed by atoms with van der Waals surface area (Å²) in [5.41, 5.74) is 0. The zero-order valence-electron chi connectivity index (χ0n) is 11.3. The largest absolute Gasteiger partial charge is 0.315 e. The lowest BCUT2D eigenvalue weighted by Crippen LogP contribution is -2.47. The van der Waals surface area contributed by atoms with Gasteiger partial charge in [0.25, 0.3) is 0 Å². The number of fused-ring (bicyclic) bond motifs is 2. The molecule has 0 radical (unpaired) electrons. The van der Waals surface area contributed by atoms with Crippen molar-refractivity contribution >= 4 is 0 Å². The van der Waals surface area contributed by atoms with E-state index in [1.165, 1.54) is 64.5 Å². The molecule has 0 aromatic heterocycles. The Balaban J connectivity index is 1.54. The smallest absolute Gasteiger partial charge is 0.0220 e. The Morgan fingerprint density at radius 1 is 1.12 bits per heavy atom. The minimum Gasteiger partial charge on any atom is -0.315 e. The molecule has 3 aliphatic rings. The molecule has 2 bridgehead atoms. The van der Waals surface area contributed by atoms with Crippen molar-refractivity contribution in [1.29, 1.82) is 0 Å². The summed E-state index contributed by atoms with van der Waals surface area (Å²) in [4.78, 5) is 2.80. The normalized spacial score (nSPS) is 36.5. The number of likely N-dealkylation sites (tertiary alicyclic amines) is 1. The minimum absolute atomic E-state index is 0.759. The van der Waals surface area contributed by atoms with Crippen molar-refractivity contribution in [2.24, 2.45) is 11.8 Å². The first-order chi connectivity index (χ1) is 8.36. The van der Waals surface area contributed by atoms with E-state index in [4.69, 9.17) is 0 Å². The van der Waals surface area contributed by atoms with Crippen molar-refractivity contribution in [3.05, 3.63) is 0 Å². The van der Waals surface area contributed by atoms with Gasteiger partial charge in [0.1, 0.15) is 0 Å². The van der Waals surface area contributed by atoms with Crippen molar-refractivity contribution in [2.45, 2.75) is 63.5 Å². The van der Waals surface area contributed by atoms with E-state index in [1.54, 1.807) is 0 Å². The summed E-state index contributed by atoms with van der Waals surface area (Å²) < 4.78 is 0. The number of piperidine rings is 1. The molecule has 0 spiro atoms. The van der Waals surface area contributed by atoms with Gasteiger partial charge in [0.2, 0.25) is 0 Å². The van der Waals surface area contributed by atoms with Crippen molar-refractivity contribution in [2.75, 3.05) is 20.1 Å². The minimum atomic E-state index is 0.759. The summed E-state index contributed by atoms with van der Waals surface area (Å²) in [7, 11) is 2.17. The monoisotopic (exact) mass is 236 g/mol. The van der Waals surface area contributed by atoms with Crippen molar-refractivity contribution in [1.82, 2.24) is 10.2 Å². The molecular formula is C15H28N2. The summed E-state index contributed by atoms with van der Waals surface area (Å²) in [5.74, 6) is 2.00. The maximum atomic E-state index is 3.62. The number of hydrogen-bond donors (Lipinski definition) is 1. The Morgan fingerprint density at radius 3 is 2.53 bits per heavy atom. The molecule has 2 aliphatic carbocycles. The first-order valence-electron chi connectivity index (χ1n) is 7.78. The lowest BCUT2D eigenvalue weighted by Gasteiger charge is -2.36. The molecule has 3 fully saturated rings. The second-order valence-corrected chi connectivity index (χ2v) is 6.58. The van der Waals surface area contributed by atoms with Crippen LogP contribution in [0.3, 0.4) is 0 Å². The van der Waals surface area contributed by atoms with Gasteiger partial charge in [-0.3, -0.25) is 4.90 Å². The Labute approximate surface area is 106 Å². The van der Waals surface area contributed by atoms with Crippen LogP contribution in [-0.4, -0.2) is 37.1 Å². The van der Waals surface area contributed by atoms with Crippen LogP contribution in [0.1, 0.15) is 51.4 Å². The fourth-order valence-corrected chi connectivity index (χ4v) is 4.52. The standard InChI is InChI=1S/C15H28N2/c1-16-15(13-5-3-2-4-6-13)11-17-10-12-7-8-14(17)9-12/h12-16H,2-11H2,1H3. The van der Waals surface area contributed by atoms with Gasteiger partial charge in [-0.2, -0.15) is 0 Å². The van der Waals surface area contributed by atoms with Gasteiger partial charge in [-0.1, -0.05) is 19.3 Å². The van der Waals surface area contributed by atoms with E-state index in [0.29, 0.717) is 0 Å². The molecule has 3 rings (SSSR count). The molecule has 0 aromatic rings. The van der Waals surface area contributed by atoms with E-state index >= 15 is 0 Å². The molecule has 2 saturated carbocycles. The molecule has 17 heavy (non-hydrogen) atoms. The first kappa shape index (κ1) is 12.0. The summed E-state index contributed by atoms with van der Waals surface area (Å²) in [6.07, 6.45) is 11.8. The van der Waals surface area contributed by atoms with Gasteiger partial charge in [-0.05, 0) is 51.0 Å². The van der Waals surface area contributed by atoms with Gasteiger partial charge >= 0.3 is 0 Å². The van der Waals surface area contributed by atoms with Crippen LogP contribution >= 0.6 is 0 Å². The van der Waals surface area contributed by atoms with Crippen LogP contribution in [0.2, 0.25) is 0 Å². The Morgan fingerprint density at radius 2 is 1.94 bits per heavy atom. The van der Waals surface area contributed by atoms with Crippen LogP contribution in [0, 0.1) is 11.8 Å². The third kappa shape index (κ3) is 2.53. The fraction of sp³-hybridized carbons (Fsp3) is 1.00. The molecule has 2 nitrogen and oxygen atoms in total. The number of nitrogens with zero attached hydrogens (tertiary/aromatic N) is 1. The van der Waals surface area contributed by atoms with Gasteiger partial charge in [-0.15, -0.1) is 0 Å². The average Bonchev–Trinajstić information content (AvgIpc) is 2.99. The highest BCUT2D eigenvalue weighted by Crippen LogP contribution is 2.38. The van der Waals surface area contributed by atoms with E-state index in [-0.39, 0.29) is 0 Å². The predicted octanol–water partition coefficient (Wildman–Crippen LogP) is 2.64. The van der Waals surface area contributed by atoms with Crippen LogP contribution < -0.4 is 5.32 Å². The van der Waals surface area contributed by atoms with Crippen molar-refractivity contribution in [3.8, 4) is 0 Å². The lowest BCUT2D eigenvalue weighted by molar-refractivity contribution is 0.157. The van der Waals surface area contributed by atoms with Gasteiger partial charge < -0.3 is 5.32 Å². The van der Waals surface area contributed by atoms with Crippen LogP contribution in [0.4, 0.5) is 0 Å². The lowest BCUT2D eigenvalue weighted by atomic mass is 9.83. The molecule has 1 saturated heterocycles. The zero-order valence-corrected chi connectivity index (χ0v) is 11.3. The summed E-state index contributed by atoms with van der Waals surface area (Å²) in [6, 6.07) is 1.70. The van der Waals surface area contributed by atoms with E-state index in [1.807, 2.05) is 0 Å². The SMILES string of the molecule is CNC(CN1CC2CCC1C2)C1CCCCC1. The quantitative estimate of drug-likeness (QED) is 0.807. The highest BCUT2D eigenvalue weighted by molar-refractivity contribution is 4.94. The van der Waals surface area contributed by atoms with Crippen LogP contribution in [0.15, 0.2) is 0 Å². The third-order valence-corrected chi connectivity index (χ3v) is 5.54. The summed E-state index contributed by atoms with van der Waals surface area (Å²) in [6.45, 7) is 2.72. The highest BCUT2D eigenvalue weighted by atomic mass is 15.2. The van der Waals surface area contributed by atoms with Crippen molar-refractivity contribution in [3.63, 3.8) is 0 Å². The molecule has 1 heterocycles. The maximum Gasteiger partial charge on any atom is 0.0220 e. The van der Waals surface area contributed by atoms with Crippen LogP contribution in [0.25, 0.3) is 0 Å². The van der Waals surface area contributed by atoms with E-state index < -0.39 is 0 Å². The average molecular weight is 236 g/mol. The summed E-state index contributed by atoms with van der Waals surface area (Å²) in [5, 5.41) is 3.62. The Kier molecular flexibility index (Phi) is 3.72. The molecular weight excluding hydrogens is 208 g/mol. The molecule has 98 valence electrons. The molecule has 0 amide bonds. The summed E-state index contributed by atoms with van der Waals surface area (Å²) >= 11 is 0. The molecule has 1 aliphatic heterocycles. The maximum absolute atomic E-state index is 3.62. The second kappa shape index (κ2) is 5.27. The number of rotatable bonds is 4. The molecule has 2 heteroatoms. The van der Waals surface area contributed by atoms with Crippen LogP contribution in [-0.2, 0) is 0 Å². The van der Waals surface area contributed by atoms with Gasteiger partial charge in [0.15, 0.2) is 0 Å². The second-order valence-electron chi connectivity index (χ2n) is 6.58. The van der Waals surface area contributed by atoms with Gasteiger partial charge in [0.05, 0.1) is 0 Å². The van der Waals surface area contributed by atoms with Gasteiger partial charge in [0, 0.05) is 25.2 Å². The zero-order chi connectivity index (χ0) is 11.7. The first-order valence-corrected chi connectivity index (χ1v) is 7.78. The third-order valence-electron chi connectivity index (χ3n) is 5.54. The van der Waals surface area contributed by atoms with E-state index in [2.05, 4.69) is 17.3 Å². The molecule has 3 atom stereocenters. The van der Waals surface area contributed by atoms with E-state index in [9.17, 15) is 0 Å². The highest BCUT2D eigenvalue weighted by Gasteiger charge is 2.39. The van der Waals surface area contributed by atoms with Crippen LogP contribution in [0.5, 0.6) is 0 Å². The molecule has 0 aromatic carbocycles.